The molecule has 1 aromatic carbocycles. The molecule has 0 spiro atoms. The van der Waals surface area contributed by atoms with Gasteiger partial charge >= 0.3 is 0 Å². The fraction of sp³-hybridized carbons (Fsp3) is 0.571. The highest BCUT2D eigenvalue weighted by atomic mass is 16.5. The molecule has 0 saturated carbocycles. The first-order chi connectivity index (χ1) is 8.76. The number of methoxy groups -OCH3 is 1. The quantitative estimate of drug-likeness (QED) is 0.684. The molecule has 1 unspecified atom stereocenters. The Kier molecular flexibility index (Phi) is 7.41. The highest BCUT2D eigenvalue weighted by Crippen LogP contribution is 2.12. The van der Waals surface area contributed by atoms with Crippen molar-refractivity contribution in [2.24, 2.45) is 5.73 Å². The Morgan fingerprint density at radius 3 is 2.83 bits per heavy atom. The van der Waals surface area contributed by atoms with Crippen molar-refractivity contribution in [1.82, 2.24) is 0 Å². The largest absolute Gasteiger partial charge is 0.493 e. The molecule has 0 aromatic heterocycles. The molecule has 0 aliphatic carbocycles. The zero-order valence-electron chi connectivity index (χ0n) is 11.2. The lowest BCUT2D eigenvalue weighted by Gasteiger charge is -2.12. The SMILES string of the molecule is COCC(C)OCCCOc1cccc(CN)c1. The summed E-state index contributed by atoms with van der Waals surface area (Å²) >= 11 is 0. The molecule has 0 bridgehead atoms. The summed E-state index contributed by atoms with van der Waals surface area (Å²) in [5.74, 6) is 0.864. The molecule has 102 valence electrons. The van der Waals surface area contributed by atoms with E-state index in [9.17, 15) is 0 Å². The maximum atomic E-state index is 5.62. The van der Waals surface area contributed by atoms with E-state index in [-0.39, 0.29) is 6.10 Å². The van der Waals surface area contributed by atoms with Crippen molar-refractivity contribution in [1.29, 1.82) is 0 Å². The van der Waals surface area contributed by atoms with Gasteiger partial charge in [-0.05, 0) is 24.6 Å². The van der Waals surface area contributed by atoms with Crippen LogP contribution in [0.5, 0.6) is 5.75 Å². The third-order valence-electron chi connectivity index (χ3n) is 2.50. The van der Waals surface area contributed by atoms with Crippen LogP contribution in [0.1, 0.15) is 18.9 Å². The lowest BCUT2D eigenvalue weighted by molar-refractivity contribution is 0.00508. The Bertz CT molecular complexity index is 331. The second-order valence-electron chi connectivity index (χ2n) is 4.19. The first kappa shape index (κ1) is 15.0. The molecule has 4 heteroatoms. The van der Waals surface area contributed by atoms with E-state index >= 15 is 0 Å². The van der Waals surface area contributed by atoms with E-state index < -0.39 is 0 Å². The topological polar surface area (TPSA) is 53.7 Å². The van der Waals surface area contributed by atoms with E-state index in [1.807, 2.05) is 31.2 Å². The molecule has 2 N–H and O–H groups in total. The Hall–Kier alpha value is -1.10. The average molecular weight is 253 g/mol. The third-order valence-corrected chi connectivity index (χ3v) is 2.50. The average Bonchev–Trinajstić information content (AvgIpc) is 2.39. The van der Waals surface area contributed by atoms with Crippen LogP contribution in [-0.4, -0.2) is 33.0 Å². The smallest absolute Gasteiger partial charge is 0.119 e. The molecule has 1 rings (SSSR count). The van der Waals surface area contributed by atoms with Gasteiger partial charge in [-0.2, -0.15) is 0 Å². The van der Waals surface area contributed by atoms with E-state index in [1.165, 1.54) is 0 Å². The highest BCUT2D eigenvalue weighted by Gasteiger charge is 2.00. The van der Waals surface area contributed by atoms with Crippen LogP contribution in [0.3, 0.4) is 0 Å². The normalized spacial score (nSPS) is 12.4. The number of benzene rings is 1. The fourth-order valence-electron chi connectivity index (χ4n) is 1.58. The first-order valence-corrected chi connectivity index (χ1v) is 6.28. The minimum Gasteiger partial charge on any atom is -0.493 e. The van der Waals surface area contributed by atoms with Crippen LogP contribution >= 0.6 is 0 Å². The summed E-state index contributed by atoms with van der Waals surface area (Å²) in [5, 5.41) is 0. The number of hydrogen-bond donors (Lipinski definition) is 1. The van der Waals surface area contributed by atoms with Gasteiger partial charge in [-0.15, -0.1) is 0 Å². The van der Waals surface area contributed by atoms with E-state index in [2.05, 4.69) is 0 Å². The summed E-state index contributed by atoms with van der Waals surface area (Å²) in [7, 11) is 1.67. The monoisotopic (exact) mass is 253 g/mol. The van der Waals surface area contributed by atoms with Crippen LogP contribution < -0.4 is 10.5 Å². The molecule has 0 aliphatic rings. The van der Waals surface area contributed by atoms with E-state index in [0.29, 0.717) is 26.4 Å². The van der Waals surface area contributed by atoms with Gasteiger partial charge in [0.2, 0.25) is 0 Å². The molecule has 1 aromatic rings. The first-order valence-electron chi connectivity index (χ1n) is 6.28. The van der Waals surface area contributed by atoms with Crippen LogP contribution in [-0.2, 0) is 16.0 Å². The maximum absolute atomic E-state index is 5.62. The maximum Gasteiger partial charge on any atom is 0.119 e. The van der Waals surface area contributed by atoms with E-state index in [1.54, 1.807) is 7.11 Å². The van der Waals surface area contributed by atoms with Crippen LogP contribution in [0.4, 0.5) is 0 Å². The van der Waals surface area contributed by atoms with Gasteiger partial charge in [0.1, 0.15) is 5.75 Å². The third kappa shape index (κ3) is 6.00. The van der Waals surface area contributed by atoms with Crippen molar-refractivity contribution in [3.63, 3.8) is 0 Å². The zero-order chi connectivity index (χ0) is 13.2. The lowest BCUT2D eigenvalue weighted by atomic mass is 10.2. The van der Waals surface area contributed by atoms with Gasteiger partial charge in [-0.25, -0.2) is 0 Å². The predicted molar refractivity (Wildman–Crippen MR) is 71.7 cm³/mol. The van der Waals surface area contributed by atoms with Crippen LogP contribution in [0.15, 0.2) is 24.3 Å². The lowest BCUT2D eigenvalue weighted by Crippen LogP contribution is -2.16. The molecular formula is C14H23NO3. The van der Waals surface area contributed by atoms with Crippen molar-refractivity contribution in [2.75, 3.05) is 26.9 Å². The van der Waals surface area contributed by atoms with Gasteiger partial charge in [-0.3, -0.25) is 0 Å². The molecule has 0 heterocycles. The predicted octanol–water partition coefficient (Wildman–Crippen LogP) is 1.97. The number of nitrogens with two attached hydrogens (primary N) is 1. The van der Waals surface area contributed by atoms with E-state index in [4.69, 9.17) is 19.9 Å². The zero-order valence-corrected chi connectivity index (χ0v) is 11.2. The molecule has 0 fully saturated rings. The molecule has 4 nitrogen and oxygen atoms in total. The van der Waals surface area contributed by atoms with Gasteiger partial charge in [0.25, 0.3) is 0 Å². The van der Waals surface area contributed by atoms with Gasteiger partial charge in [0.15, 0.2) is 0 Å². The van der Waals surface area contributed by atoms with Gasteiger partial charge in [0, 0.05) is 20.1 Å². The molecule has 18 heavy (non-hydrogen) atoms. The molecule has 0 aliphatic heterocycles. The summed E-state index contributed by atoms with van der Waals surface area (Å²) in [4.78, 5) is 0. The Morgan fingerprint density at radius 1 is 1.28 bits per heavy atom. The minimum atomic E-state index is 0.135. The number of rotatable bonds is 9. The molecule has 1 atom stereocenters. The summed E-state index contributed by atoms with van der Waals surface area (Å²) in [5.41, 5.74) is 6.65. The van der Waals surface area contributed by atoms with Crippen molar-refractivity contribution in [3.05, 3.63) is 29.8 Å². The number of ether oxygens (including phenoxy) is 3. The Morgan fingerprint density at radius 2 is 2.11 bits per heavy atom. The molecular weight excluding hydrogens is 230 g/mol. The van der Waals surface area contributed by atoms with Crippen molar-refractivity contribution < 1.29 is 14.2 Å². The van der Waals surface area contributed by atoms with Crippen molar-refractivity contribution in [2.45, 2.75) is 26.0 Å². The van der Waals surface area contributed by atoms with Crippen molar-refractivity contribution >= 4 is 0 Å². The van der Waals surface area contributed by atoms with Crippen molar-refractivity contribution in [3.8, 4) is 5.75 Å². The summed E-state index contributed by atoms with van der Waals surface area (Å²) in [6.07, 6.45) is 0.997. The van der Waals surface area contributed by atoms with Gasteiger partial charge < -0.3 is 19.9 Å². The summed E-state index contributed by atoms with van der Waals surface area (Å²) in [6.45, 7) is 4.48. The Balaban J connectivity index is 2.13. The summed E-state index contributed by atoms with van der Waals surface area (Å²) < 4.78 is 16.2. The van der Waals surface area contributed by atoms with Gasteiger partial charge in [-0.1, -0.05) is 12.1 Å². The highest BCUT2D eigenvalue weighted by molar-refractivity contribution is 5.28. The van der Waals surface area contributed by atoms with E-state index in [0.717, 1.165) is 17.7 Å². The minimum absolute atomic E-state index is 0.135. The Labute approximate surface area is 109 Å². The number of hydrogen-bond acceptors (Lipinski definition) is 4. The second kappa shape index (κ2) is 8.91. The van der Waals surface area contributed by atoms with Crippen LogP contribution in [0.2, 0.25) is 0 Å². The standard InChI is InChI=1S/C14H23NO3/c1-12(11-16-2)17-7-4-8-18-14-6-3-5-13(9-14)10-15/h3,5-6,9,12H,4,7-8,10-11,15H2,1-2H3. The fourth-order valence-corrected chi connectivity index (χ4v) is 1.58. The second-order valence-corrected chi connectivity index (χ2v) is 4.19. The molecule has 0 saturated heterocycles. The molecule has 0 radical (unpaired) electrons. The van der Waals surface area contributed by atoms with Crippen LogP contribution in [0.25, 0.3) is 0 Å². The summed E-state index contributed by atoms with van der Waals surface area (Å²) in [6, 6.07) is 7.85. The van der Waals surface area contributed by atoms with Crippen LogP contribution in [0, 0.1) is 0 Å². The molecule has 0 amide bonds. The van der Waals surface area contributed by atoms with Gasteiger partial charge in [0.05, 0.1) is 25.9 Å².